The highest BCUT2D eigenvalue weighted by atomic mass is 19.4. The SMILES string of the molecule is O=C(NCCCN1CCN(c2ccc(F)cc2OC(F)(F)C(F)(F)F)CC1)c1c(-c2ccccc2)noc1CCCc1ccccc1. The van der Waals surface area contributed by atoms with Crippen LogP contribution in [0.1, 0.15) is 34.5 Å². The number of anilines is 1. The summed E-state index contributed by atoms with van der Waals surface area (Å²) in [6.45, 7) is 2.49. The van der Waals surface area contributed by atoms with E-state index in [4.69, 9.17) is 4.52 Å². The van der Waals surface area contributed by atoms with Crippen molar-refractivity contribution < 1.29 is 40.4 Å². The minimum absolute atomic E-state index is 0.0512. The van der Waals surface area contributed by atoms with Gasteiger partial charge < -0.3 is 19.5 Å². The van der Waals surface area contributed by atoms with Gasteiger partial charge in [-0.1, -0.05) is 65.8 Å². The van der Waals surface area contributed by atoms with Crippen LogP contribution in [0.5, 0.6) is 5.75 Å². The van der Waals surface area contributed by atoms with E-state index in [-0.39, 0.29) is 11.6 Å². The Morgan fingerprint density at radius 3 is 2.23 bits per heavy atom. The molecule has 1 N–H and O–H groups in total. The van der Waals surface area contributed by atoms with E-state index >= 15 is 0 Å². The third-order valence-corrected chi connectivity index (χ3v) is 7.89. The van der Waals surface area contributed by atoms with Crippen molar-refractivity contribution in [2.24, 2.45) is 0 Å². The minimum atomic E-state index is -5.95. The average molecular weight is 661 g/mol. The number of piperazine rings is 1. The number of carbonyl (C=O) groups is 1. The summed E-state index contributed by atoms with van der Waals surface area (Å²) >= 11 is 0. The molecule has 0 atom stereocenters. The predicted molar refractivity (Wildman–Crippen MR) is 164 cm³/mol. The number of carbonyl (C=O) groups excluding carboxylic acids is 1. The van der Waals surface area contributed by atoms with Crippen molar-refractivity contribution >= 4 is 11.6 Å². The van der Waals surface area contributed by atoms with Crippen LogP contribution in [-0.2, 0) is 12.8 Å². The van der Waals surface area contributed by atoms with E-state index in [1.807, 2.05) is 48.5 Å². The second-order valence-corrected chi connectivity index (χ2v) is 11.2. The third-order valence-electron chi connectivity index (χ3n) is 7.89. The summed E-state index contributed by atoms with van der Waals surface area (Å²) in [5.74, 6) is -1.65. The quantitative estimate of drug-likeness (QED) is 0.122. The van der Waals surface area contributed by atoms with Crippen LogP contribution in [0.3, 0.4) is 0 Å². The number of hydrogen-bond donors (Lipinski definition) is 1. The molecule has 13 heteroatoms. The Labute approximate surface area is 268 Å². The van der Waals surface area contributed by atoms with Gasteiger partial charge >= 0.3 is 12.3 Å². The number of ether oxygens (including phenoxy) is 1. The maximum absolute atomic E-state index is 13.7. The molecule has 3 aromatic carbocycles. The zero-order valence-electron chi connectivity index (χ0n) is 25.4. The first kappa shape index (κ1) is 33.8. The lowest BCUT2D eigenvalue weighted by Gasteiger charge is -2.37. The van der Waals surface area contributed by atoms with Crippen molar-refractivity contribution in [3.05, 3.63) is 102 Å². The van der Waals surface area contributed by atoms with Gasteiger partial charge in [-0.2, -0.15) is 22.0 Å². The third kappa shape index (κ3) is 8.64. The Hall–Kier alpha value is -4.52. The van der Waals surface area contributed by atoms with Crippen molar-refractivity contribution in [3.63, 3.8) is 0 Å². The Morgan fingerprint density at radius 2 is 1.55 bits per heavy atom. The molecule has 1 saturated heterocycles. The standard InChI is InChI=1S/C34H34F6N4O3/c35-26-15-16-27(29(23-26)46-34(39,40)33(36,37)38)44-21-19-43(20-22-44)18-8-17-41-32(45)30-28(14-7-11-24-9-3-1-4-10-24)47-42-31(30)25-12-5-2-6-13-25/h1-6,9-10,12-13,15-16,23H,7-8,11,14,17-22H2,(H,41,45). The lowest BCUT2D eigenvalue weighted by atomic mass is 10.0. The molecule has 47 heavy (non-hydrogen) atoms. The molecule has 0 unspecified atom stereocenters. The maximum Gasteiger partial charge on any atom is 0.499 e. The number of benzene rings is 3. The molecule has 2 heterocycles. The number of alkyl halides is 5. The van der Waals surface area contributed by atoms with Crippen molar-refractivity contribution in [3.8, 4) is 17.0 Å². The van der Waals surface area contributed by atoms with Gasteiger partial charge in [-0.15, -0.1) is 0 Å². The zero-order valence-corrected chi connectivity index (χ0v) is 25.4. The maximum atomic E-state index is 13.7. The normalized spacial score (nSPS) is 14.3. The molecule has 4 aromatic rings. The predicted octanol–water partition coefficient (Wildman–Crippen LogP) is 7.13. The lowest BCUT2D eigenvalue weighted by Crippen LogP contribution is -2.47. The summed E-state index contributed by atoms with van der Waals surface area (Å²) < 4.78 is 88.7. The van der Waals surface area contributed by atoms with Crippen molar-refractivity contribution in [2.45, 2.75) is 38.0 Å². The van der Waals surface area contributed by atoms with E-state index in [0.29, 0.717) is 75.2 Å². The molecule has 0 bridgehead atoms. The van der Waals surface area contributed by atoms with Crippen LogP contribution in [0.4, 0.5) is 32.0 Å². The highest BCUT2D eigenvalue weighted by molar-refractivity contribution is 6.00. The summed E-state index contributed by atoms with van der Waals surface area (Å²) in [7, 11) is 0. The molecule has 1 aliphatic rings. The van der Waals surface area contributed by atoms with Gasteiger partial charge in [0.25, 0.3) is 5.91 Å². The average Bonchev–Trinajstić information content (AvgIpc) is 3.48. The van der Waals surface area contributed by atoms with Crippen molar-refractivity contribution in [1.29, 1.82) is 0 Å². The number of hydrogen-bond acceptors (Lipinski definition) is 6. The summed E-state index contributed by atoms with van der Waals surface area (Å²) in [6.07, 6.45) is -8.69. The van der Waals surface area contributed by atoms with Crippen LogP contribution in [-0.4, -0.2) is 67.5 Å². The lowest BCUT2D eigenvalue weighted by molar-refractivity contribution is -0.360. The Balaban J connectivity index is 1.14. The number of nitrogens with zero attached hydrogens (tertiary/aromatic N) is 3. The first-order chi connectivity index (χ1) is 22.5. The number of amides is 1. The molecular weight excluding hydrogens is 626 g/mol. The Bertz CT molecular complexity index is 1610. The fourth-order valence-electron chi connectivity index (χ4n) is 5.45. The molecule has 1 aliphatic heterocycles. The van der Waals surface area contributed by atoms with Gasteiger partial charge in [-0.3, -0.25) is 9.69 Å². The molecule has 1 fully saturated rings. The van der Waals surface area contributed by atoms with Crippen LogP contribution in [0.2, 0.25) is 0 Å². The van der Waals surface area contributed by atoms with Crippen LogP contribution in [0.25, 0.3) is 11.3 Å². The monoisotopic (exact) mass is 660 g/mol. The summed E-state index contributed by atoms with van der Waals surface area (Å²) in [6, 6.07) is 22.0. The molecule has 0 spiro atoms. The second-order valence-electron chi connectivity index (χ2n) is 11.2. The highest BCUT2D eigenvalue weighted by Crippen LogP contribution is 2.41. The topological polar surface area (TPSA) is 70.8 Å². The Kier molecular flexibility index (Phi) is 10.7. The van der Waals surface area contributed by atoms with Gasteiger partial charge in [-0.05, 0) is 43.5 Å². The molecule has 1 aromatic heterocycles. The molecule has 0 radical (unpaired) electrons. The summed E-state index contributed by atoms with van der Waals surface area (Å²) in [5.41, 5.74) is 2.80. The second kappa shape index (κ2) is 14.9. The van der Waals surface area contributed by atoms with Crippen LogP contribution < -0.4 is 15.0 Å². The van der Waals surface area contributed by atoms with Crippen molar-refractivity contribution in [1.82, 2.24) is 15.4 Å². The molecule has 0 aliphatic carbocycles. The molecule has 0 saturated carbocycles. The summed E-state index contributed by atoms with van der Waals surface area (Å²) in [4.78, 5) is 17.1. The van der Waals surface area contributed by atoms with Gasteiger partial charge in [0.2, 0.25) is 0 Å². The first-order valence-electron chi connectivity index (χ1n) is 15.3. The first-order valence-corrected chi connectivity index (χ1v) is 15.3. The van der Waals surface area contributed by atoms with Gasteiger partial charge in [0, 0.05) is 50.8 Å². The summed E-state index contributed by atoms with van der Waals surface area (Å²) in [5, 5.41) is 7.21. The molecular formula is C34H34F6N4O3. The van der Waals surface area contributed by atoms with Crippen LogP contribution in [0, 0.1) is 5.82 Å². The molecule has 5 rings (SSSR count). The van der Waals surface area contributed by atoms with E-state index in [1.165, 1.54) is 5.56 Å². The van der Waals surface area contributed by atoms with Crippen LogP contribution in [0.15, 0.2) is 83.4 Å². The van der Waals surface area contributed by atoms with E-state index in [0.717, 1.165) is 30.5 Å². The number of nitrogens with one attached hydrogen (secondary N) is 1. The van der Waals surface area contributed by atoms with E-state index in [1.54, 1.807) is 4.90 Å². The Morgan fingerprint density at radius 1 is 0.872 bits per heavy atom. The van der Waals surface area contributed by atoms with Gasteiger partial charge in [-0.25, -0.2) is 4.39 Å². The molecule has 7 nitrogen and oxygen atoms in total. The highest BCUT2D eigenvalue weighted by Gasteiger charge is 2.61. The number of rotatable bonds is 13. The van der Waals surface area contributed by atoms with E-state index in [9.17, 15) is 31.1 Å². The largest absolute Gasteiger partial charge is 0.499 e. The number of aromatic nitrogens is 1. The molecule has 1 amide bonds. The van der Waals surface area contributed by atoms with Crippen molar-refractivity contribution in [2.75, 3.05) is 44.2 Å². The molecule has 250 valence electrons. The van der Waals surface area contributed by atoms with Gasteiger partial charge in [0.05, 0.1) is 5.69 Å². The fourth-order valence-corrected chi connectivity index (χ4v) is 5.45. The minimum Gasteiger partial charge on any atom is -0.423 e. The van der Waals surface area contributed by atoms with Gasteiger partial charge in [0.15, 0.2) is 5.75 Å². The van der Waals surface area contributed by atoms with Gasteiger partial charge in [0.1, 0.15) is 22.8 Å². The van der Waals surface area contributed by atoms with E-state index in [2.05, 4.69) is 32.2 Å². The van der Waals surface area contributed by atoms with E-state index < -0.39 is 23.9 Å². The fraction of sp³-hybridized carbons (Fsp3) is 0.353. The zero-order chi connectivity index (χ0) is 33.4. The number of halogens is 6. The van der Waals surface area contributed by atoms with Crippen LogP contribution >= 0.6 is 0 Å². The number of aryl methyl sites for hydroxylation is 2. The smallest absolute Gasteiger partial charge is 0.423 e.